The molecule has 60 heavy (non-hydrogen) atoms. The minimum Gasteiger partial charge on any atom is -0.492 e. The summed E-state index contributed by atoms with van der Waals surface area (Å²) in [6.45, 7) is 2.71. The molecule has 0 saturated carbocycles. The van der Waals surface area contributed by atoms with Gasteiger partial charge in [-0.25, -0.2) is 4.79 Å². The van der Waals surface area contributed by atoms with Gasteiger partial charge in [-0.1, -0.05) is 67.4 Å². The van der Waals surface area contributed by atoms with E-state index in [1.807, 2.05) is 18.2 Å². The molecule has 0 aliphatic carbocycles. The van der Waals surface area contributed by atoms with Crippen LogP contribution in [0, 0.1) is 11.8 Å². The average Bonchev–Trinajstić information content (AvgIpc) is 3.24. The second-order valence-electron chi connectivity index (χ2n) is 15.1. The van der Waals surface area contributed by atoms with Crippen LogP contribution in [0.1, 0.15) is 66.6 Å². The molecule has 0 aromatic heterocycles. The lowest BCUT2D eigenvalue weighted by Gasteiger charge is -2.32. The van der Waals surface area contributed by atoms with Gasteiger partial charge in [-0.05, 0) is 84.1 Å². The second kappa shape index (κ2) is 21.6. The standard InChI is InChI=1S/C46H54ClN5O8/c1-28-22-40(54)43(52(2)45(56)34(6-3-4-17-48)27-39(53)32-8-5-7-31(25-32)30-10-13-35(47)14-11-30)33-12-16-42(60-21-19-50)37(26-33)36-23-29(9-15-41(36)59-20-18-49)24-38(46(57)58)51-44(28)55/h5,7-16,23,25-26,28,34,38,43H,3-4,6,17-22,24,27,48-50H2,1-2H3,(H,51,55)(H,57,58)/t28-,34-,38+,43+/m1/s1. The summed E-state index contributed by atoms with van der Waals surface area (Å²) in [4.78, 5) is 70.7. The molecule has 318 valence electrons. The molecule has 4 bridgehead atoms. The van der Waals surface area contributed by atoms with Crippen LogP contribution < -0.4 is 32.0 Å². The van der Waals surface area contributed by atoms with Crippen LogP contribution >= 0.6 is 11.6 Å². The topological polar surface area (TPSA) is 217 Å². The highest BCUT2D eigenvalue weighted by Gasteiger charge is 2.36. The molecule has 0 fully saturated rings. The van der Waals surface area contributed by atoms with Gasteiger partial charge < -0.3 is 42.0 Å². The highest BCUT2D eigenvalue weighted by atomic mass is 35.5. The molecule has 8 N–H and O–H groups in total. The van der Waals surface area contributed by atoms with E-state index in [4.69, 9.17) is 38.3 Å². The van der Waals surface area contributed by atoms with E-state index in [2.05, 4.69) is 5.32 Å². The molecule has 0 radical (unpaired) electrons. The number of aliphatic carboxylic acids is 1. The number of hydrogen-bond donors (Lipinski definition) is 5. The Bertz CT molecular complexity index is 2160. The second-order valence-corrected chi connectivity index (χ2v) is 15.5. The van der Waals surface area contributed by atoms with Crippen molar-refractivity contribution in [1.82, 2.24) is 10.2 Å². The summed E-state index contributed by atoms with van der Waals surface area (Å²) in [6, 6.07) is 22.2. The maximum absolute atomic E-state index is 14.8. The molecule has 4 aromatic rings. The number of nitrogens with two attached hydrogens (primary N) is 3. The van der Waals surface area contributed by atoms with Crippen LogP contribution in [0.15, 0.2) is 84.9 Å². The summed E-state index contributed by atoms with van der Waals surface area (Å²) in [5, 5.41) is 13.3. The number of hydrogen-bond acceptors (Lipinski definition) is 10. The molecule has 4 atom stereocenters. The maximum atomic E-state index is 14.8. The lowest BCUT2D eigenvalue weighted by atomic mass is 9.87. The zero-order valence-corrected chi connectivity index (χ0v) is 34.8. The Balaban J connectivity index is 1.60. The number of benzene rings is 4. The van der Waals surface area contributed by atoms with E-state index in [0.717, 1.165) is 11.1 Å². The molecule has 5 rings (SSSR count). The number of halogens is 1. The van der Waals surface area contributed by atoms with Crippen LogP contribution in [-0.2, 0) is 25.6 Å². The van der Waals surface area contributed by atoms with Gasteiger partial charge >= 0.3 is 5.97 Å². The van der Waals surface area contributed by atoms with Gasteiger partial charge in [0.2, 0.25) is 11.8 Å². The third-order valence-electron chi connectivity index (χ3n) is 10.6. The number of ether oxygens (including phenoxy) is 2. The Morgan fingerprint density at radius 1 is 0.833 bits per heavy atom. The molecule has 1 aliphatic rings. The van der Waals surface area contributed by atoms with Gasteiger partial charge in [0, 0.05) is 72.9 Å². The molecule has 1 aliphatic heterocycles. The molecule has 1 heterocycles. The Hall–Kier alpha value is -5.60. The lowest BCUT2D eigenvalue weighted by Crippen LogP contribution is -2.45. The van der Waals surface area contributed by atoms with E-state index >= 15 is 0 Å². The van der Waals surface area contributed by atoms with E-state index < -0.39 is 47.5 Å². The van der Waals surface area contributed by atoms with Crippen molar-refractivity contribution in [3.8, 4) is 33.8 Å². The number of carboxylic acid groups (broad SMARTS) is 1. The number of nitrogens with one attached hydrogen (secondary N) is 1. The number of likely N-dealkylation sites (N-methyl/N-ethyl adjacent to an activating group) is 1. The van der Waals surface area contributed by atoms with Crippen molar-refractivity contribution < 1.29 is 38.6 Å². The summed E-state index contributed by atoms with van der Waals surface area (Å²) in [5.74, 6) is -3.94. The molecular formula is C46H54ClN5O8. The lowest BCUT2D eigenvalue weighted by molar-refractivity contribution is -0.144. The van der Waals surface area contributed by atoms with Crippen LogP contribution in [0.5, 0.6) is 11.5 Å². The van der Waals surface area contributed by atoms with Crippen molar-refractivity contribution in [3.63, 3.8) is 0 Å². The fourth-order valence-corrected chi connectivity index (χ4v) is 7.56. The van der Waals surface area contributed by atoms with Gasteiger partial charge in [-0.15, -0.1) is 0 Å². The highest BCUT2D eigenvalue weighted by Crippen LogP contribution is 2.41. The van der Waals surface area contributed by atoms with Crippen LogP contribution in [0.2, 0.25) is 5.02 Å². The molecule has 2 amide bonds. The first-order valence-corrected chi connectivity index (χ1v) is 20.6. The fraction of sp³-hybridized carbons (Fsp3) is 0.370. The Morgan fingerprint density at radius 3 is 2.15 bits per heavy atom. The van der Waals surface area contributed by atoms with Gasteiger partial charge in [0.05, 0.1) is 0 Å². The van der Waals surface area contributed by atoms with Crippen LogP contribution in [0.3, 0.4) is 0 Å². The minimum absolute atomic E-state index is 0.0554. The summed E-state index contributed by atoms with van der Waals surface area (Å²) < 4.78 is 12.1. The Kier molecular flexibility index (Phi) is 16.4. The predicted molar refractivity (Wildman–Crippen MR) is 231 cm³/mol. The quantitative estimate of drug-likeness (QED) is 0.0653. The predicted octanol–water partition coefficient (Wildman–Crippen LogP) is 5.59. The summed E-state index contributed by atoms with van der Waals surface area (Å²) in [6.07, 6.45) is 1.04. The molecule has 0 saturated heterocycles. The first-order chi connectivity index (χ1) is 28.8. The number of carbonyl (C=O) groups excluding carboxylic acids is 4. The zero-order chi connectivity index (χ0) is 43.3. The number of fused-ring (bicyclic) bond motifs is 5. The monoisotopic (exact) mass is 839 g/mol. The van der Waals surface area contributed by atoms with Crippen LogP contribution in [0.25, 0.3) is 22.3 Å². The van der Waals surface area contributed by atoms with Crippen molar-refractivity contribution >= 4 is 41.0 Å². The first-order valence-electron chi connectivity index (χ1n) is 20.2. The number of unbranched alkanes of at least 4 members (excludes halogenated alkanes) is 1. The highest BCUT2D eigenvalue weighted by molar-refractivity contribution is 6.30. The largest absolute Gasteiger partial charge is 0.492 e. The van der Waals surface area contributed by atoms with Crippen molar-refractivity contribution in [2.24, 2.45) is 29.0 Å². The van der Waals surface area contributed by atoms with E-state index in [-0.39, 0.29) is 51.3 Å². The first kappa shape index (κ1) is 45.5. The van der Waals surface area contributed by atoms with Crippen molar-refractivity contribution in [2.45, 2.75) is 57.5 Å². The Labute approximate surface area is 355 Å². The normalized spacial score (nSPS) is 17.2. The number of amides is 2. The zero-order valence-electron chi connectivity index (χ0n) is 34.0. The third-order valence-corrected chi connectivity index (χ3v) is 10.9. The summed E-state index contributed by atoms with van der Waals surface area (Å²) in [5.41, 5.74) is 21.6. The summed E-state index contributed by atoms with van der Waals surface area (Å²) >= 11 is 6.10. The van der Waals surface area contributed by atoms with Gasteiger partial charge in [-0.2, -0.15) is 0 Å². The molecule has 4 aromatic carbocycles. The molecule has 0 spiro atoms. The molecule has 14 heteroatoms. The van der Waals surface area contributed by atoms with E-state index in [1.165, 1.54) is 11.9 Å². The third kappa shape index (κ3) is 11.6. The minimum atomic E-state index is -1.31. The average molecular weight is 840 g/mol. The molecular weight excluding hydrogens is 786 g/mol. The Morgan fingerprint density at radius 2 is 1.50 bits per heavy atom. The molecule has 0 unspecified atom stereocenters. The van der Waals surface area contributed by atoms with Crippen molar-refractivity contribution in [2.75, 3.05) is 39.9 Å². The van der Waals surface area contributed by atoms with Gasteiger partial charge in [0.15, 0.2) is 11.6 Å². The number of ketones is 2. The van der Waals surface area contributed by atoms with Crippen LogP contribution in [-0.4, -0.2) is 85.3 Å². The van der Waals surface area contributed by atoms with Gasteiger partial charge in [0.1, 0.15) is 36.8 Å². The van der Waals surface area contributed by atoms with E-state index in [9.17, 15) is 29.1 Å². The fourth-order valence-electron chi connectivity index (χ4n) is 7.43. The van der Waals surface area contributed by atoms with E-state index in [1.54, 1.807) is 73.7 Å². The van der Waals surface area contributed by atoms with Gasteiger partial charge in [-0.3, -0.25) is 19.2 Å². The SMILES string of the molecule is C[C@@H]1CC(=O)[C@@H](N(C)C(=O)[C@H](CCCCN)CC(=O)c2cccc(-c3ccc(Cl)cc3)c2)c2ccc(OCCN)c(c2)-c2cc(ccc2OCCN)C[C@@H](C(=O)O)NC1=O. The maximum Gasteiger partial charge on any atom is 0.326 e. The summed E-state index contributed by atoms with van der Waals surface area (Å²) in [7, 11) is 1.52. The van der Waals surface area contributed by atoms with E-state index in [0.29, 0.717) is 70.1 Å². The number of carbonyl (C=O) groups is 5. The number of Topliss-reactive ketones (excluding diaryl/α,β-unsaturated/α-hetero) is 2. The van der Waals surface area contributed by atoms with Crippen molar-refractivity contribution in [1.29, 1.82) is 0 Å². The smallest absolute Gasteiger partial charge is 0.326 e. The van der Waals surface area contributed by atoms with Crippen LogP contribution in [0.4, 0.5) is 0 Å². The number of nitrogens with zero attached hydrogens (tertiary/aromatic N) is 1. The van der Waals surface area contributed by atoms with Gasteiger partial charge in [0.25, 0.3) is 0 Å². The molecule has 13 nitrogen and oxygen atoms in total. The van der Waals surface area contributed by atoms with Crippen molar-refractivity contribution in [3.05, 3.63) is 107 Å². The number of carboxylic acids is 1. The number of rotatable bonds is 17.